The molecule has 0 aliphatic heterocycles. The molecule has 6 heteroatoms. The highest BCUT2D eigenvalue weighted by Gasteiger charge is 2.22. The molecule has 1 heterocycles. The number of nitrogens with zero attached hydrogens (tertiary/aromatic N) is 2. The number of rotatable bonds is 6. The van der Waals surface area contributed by atoms with Gasteiger partial charge in [0.15, 0.2) is 0 Å². The van der Waals surface area contributed by atoms with Gasteiger partial charge in [-0.05, 0) is 71.7 Å². The molecule has 0 bridgehead atoms. The van der Waals surface area contributed by atoms with Crippen molar-refractivity contribution in [1.29, 1.82) is 0 Å². The fourth-order valence-electron chi connectivity index (χ4n) is 4.37. The number of hydrogen-bond acceptors (Lipinski definition) is 5. The van der Waals surface area contributed by atoms with E-state index in [0.717, 1.165) is 33.2 Å². The van der Waals surface area contributed by atoms with Crippen molar-refractivity contribution in [1.82, 2.24) is 9.97 Å². The number of carbonyl (C=O) groups is 1. The third-order valence-electron chi connectivity index (χ3n) is 6.68. The first-order valence-electron chi connectivity index (χ1n) is 13.4. The minimum Gasteiger partial charge on any atom is -0.496 e. The van der Waals surface area contributed by atoms with Gasteiger partial charge in [-0.2, -0.15) is 0 Å². The largest absolute Gasteiger partial charge is 0.496 e. The second-order valence-electron chi connectivity index (χ2n) is 12.4. The lowest BCUT2D eigenvalue weighted by Gasteiger charge is -2.26. The van der Waals surface area contributed by atoms with Crippen LogP contribution in [0.25, 0.3) is 22.0 Å². The SMILES string of the molecule is COc1cc2nc(NC(C)C)ncc2cc1-c1cccc(NC(=O)c2cc(C(C)(C)C)cc(C(C)(C)C)c2)c1. The molecule has 0 spiro atoms. The normalized spacial score (nSPS) is 12.1. The number of fused-ring (bicyclic) bond motifs is 1. The van der Waals surface area contributed by atoms with Crippen LogP contribution in [0.1, 0.15) is 76.9 Å². The number of ether oxygens (including phenoxy) is 1. The van der Waals surface area contributed by atoms with Crippen LogP contribution in [0.3, 0.4) is 0 Å². The number of hydrogen-bond donors (Lipinski definition) is 2. The molecule has 4 aromatic rings. The molecule has 0 radical (unpaired) electrons. The molecule has 0 aliphatic rings. The molecule has 0 aliphatic carbocycles. The van der Waals surface area contributed by atoms with Crippen LogP contribution in [0, 0.1) is 0 Å². The molecule has 0 atom stereocenters. The smallest absolute Gasteiger partial charge is 0.255 e. The summed E-state index contributed by atoms with van der Waals surface area (Å²) < 4.78 is 5.74. The van der Waals surface area contributed by atoms with E-state index in [2.05, 4.69) is 68.2 Å². The predicted octanol–water partition coefficient (Wildman–Crippen LogP) is 7.97. The average Bonchev–Trinajstić information content (AvgIpc) is 2.86. The van der Waals surface area contributed by atoms with E-state index in [1.807, 2.05) is 68.6 Å². The van der Waals surface area contributed by atoms with Gasteiger partial charge in [0, 0.05) is 40.5 Å². The lowest BCUT2D eigenvalue weighted by atomic mass is 9.79. The van der Waals surface area contributed by atoms with Gasteiger partial charge in [0.25, 0.3) is 5.91 Å². The van der Waals surface area contributed by atoms with E-state index in [1.54, 1.807) is 7.11 Å². The van der Waals surface area contributed by atoms with E-state index in [4.69, 9.17) is 4.74 Å². The van der Waals surface area contributed by atoms with E-state index in [-0.39, 0.29) is 22.8 Å². The van der Waals surface area contributed by atoms with E-state index in [9.17, 15) is 4.79 Å². The van der Waals surface area contributed by atoms with Crippen LogP contribution >= 0.6 is 0 Å². The summed E-state index contributed by atoms with van der Waals surface area (Å²) in [5.41, 5.74) is 6.14. The maximum absolute atomic E-state index is 13.5. The first-order chi connectivity index (χ1) is 18.2. The summed E-state index contributed by atoms with van der Waals surface area (Å²) in [6, 6.07) is 18.2. The number of anilines is 2. The fourth-order valence-corrected chi connectivity index (χ4v) is 4.37. The number of amides is 1. The Morgan fingerprint density at radius 3 is 2.15 bits per heavy atom. The van der Waals surface area contributed by atoms with Gasteiger partial charge in [-0.1, -0.05) is 59.7 Å². The summed E-state index contributed by atoms with van der Waals surface area (Å²) in [7, 11) is 1.65. The highest BCUT2D eigenvalue weighted by Crippen LogP contribution is 2.35. The summed E-state index contributed by atoms with van der Waals surface area (Å²) in [6.45, 7) is 17.1. The molecule has 0 fully saturated rings. The summed E-state index contributed by atoms with van der Waals surface area (Å²) >= 11 is 0. The topological polar surface area (TPSA) is 76.1 Å². The Bertz CT molecular complexity index is 1480. The number of nitrogens with one attached hydrogen (secondary N) is 2. The predicted molar refractivity (Wildman–Crippen MR) is 162 cm³/mol. The van der Waals surface area contributed by atoms with Gasteiger partial charge in [0.05, 0.1) is 12.6 Å². The van der Waals surface area contributed by atoms with E-state index in [1.165, 1.54) is 0 Å². The molecular formula is C33H40N4O2. The second-order valence-corrected chi connectivity index (χ2v) is 12.4. The second kappa shape index (κ2) is 10.7. The zero-order valence-electron chi connectivity index (χ0n) is 24.6. The molecule has 4 rings (SSSR count). The lowest BCUT2D eigenvalue weighted by Crippen LogP contribution is -2.20. The molecule has 2 N–H and O–H groups in total. The van der Waals surface area contributed by atoms with Crippen LogP contribution < -0.4 is 15.4 Å². The van der Waals surface area contributed by atoms with E-state index < -0.39 is 0 Å². The van der Waals surface area contributed by atoms with Crippen LogP contribution in [0.5, 0.6) is 5.75 Å². The van der Waals surface area contributed by atoms with Crippen molar-refractivity contribution >= 4 is 28.4 Å². The van der Waals surface area contributed by atoms with Crippen molar-refractivity contribution in [2.45, 2.75) is 72.3 Å². The maximum atomic E-state index is 13.5. The summed E-state index contributed by atoms with van der Waals surface area (Å²) in [5.74, 6) is 1.16. The molecular weight excluding hydrogens is 484 g/mol. The quantitative estimate of drug-likeness (QED) is 0.267. The van der Waals surface area contributed by atoms with Crippen molar-refractivity contribution in [3.8, 4) is 16.9 Å². The van der Waals surface area contributed by atoms with Crippen LogP contribution in [-0.2, 0) is 10.8 Å². The average molecular weight is 525 g/mol. The van der Waals surface area contributed by atoms with Gasteiger partial charge in [-0.15, -0.1) is 0 Å². The molecule has 1 amide bonds. The minimum absolute atomic E-state index is 0.0713. The minimum atomic E-state index is -0.132. The molecule has 39 heavy (non-hydrogen) atoms. The number of carbonyl (C=O) groups excluding carboxylic acids is 1. The van der Waals surface area contributed by atoms with Gasteiger partial charge >= 0.3 is 0 Å². The Labute approximate surface area is 232 Å². The summed E-state index contributed by atoms with van der Waals surface area (Å²) in [4.78, 5) is 22.6. The fraction of sp³-hybridized carbons (Fsp3) is 0.364. The molecule has 0 saturated heterocycles. The molecule has 1 aromatic heterocycles. The summed E-state index contributed by atoms with van der Waals surface area (Å²) in [5, 5.41) is 7.26. The highest BCUT2D eigenvalue weighted by molar-refractivity contribution is 6.05. The van der Waals surface area contributed by atoms with Crippen LogP contribution in [0.2, 0.25) is 0 Å². The van der Waals surface area contributed by atoms with Crippen LogP contribution in [-0.4, -0.2) is 29.0 Å². The number of aromatic nitrogens is 2. The lowest BCUT2D eigenvalue weighted by molar-refractivity contribution is 0.102. The maximum Gasteiger partial charge on any atom is 0.255 e. The van der Waals surface area contributed by atoms with E-state index in [0.29, 0.717) is 22.9 Å². The molecule has 0 unspecified atom stereocenters. The van der Waals surface area contributed by atoms with Crippen molar-refractivity contribution < 1.29 is 9.53 Å². The first kappa shape index (κ1) is 28.1. The third kappa shape index (κ3) is 6.56. The standard InChI is InChI=1S/C33H40N4O2/c1-20(2)35-31-34-19-23-16-27(29(39-9)18-28(23)37-31)21-11-10-12-26(15-21)36-30(38)22-13-24(32(3,4)5)17-25(14-22)33(6,7)8/h10-20H,1-9H3,(H,36,38)(H,34,35,37). The molecule has 3 aromatic carbocycles. The number of methoxy groups -OCH3 is 1. The van der Waals surface area contributed by atoms with Crippen molar-refractivity contribution in [3.05, 3.63) is 77.5 Å². The van der Waals surface area contributed by atoms with Crippen LogP contribution in [0.4, 0.5) is 11.6 Å². The Kier molecular flexibility index (Phi) is 7.69. The van der Waals surface area contributed by atoms with Gasteiger partial charge in [-0.3, -0.25) is 4.79 Å². The zero-order chi connectivity index (χ0) is 28.5. The third-order valence-corrected chi connectivity index (χ3v) is 6.68. The zero-order valence-corrected chi connectivity index (χ0v) is 24.6. The Morgan fingerprint density at radius 2 is 1.56 bits per heavy atom. The summed E-state index contributed by atoms with van der Waals surface area (Å²) in [6.07, 6.45) is 1.82. The van der Waals surface area contributed by atoms with Crippen molar-refractivity contribution in [2.24, 2.45) is 0 Å². The molecule has 204 valence electrons. The van der Waals surface area contributed by atoms with Gasteiger partial charge < -0.3 is 15.4 Å². The highest BCUT2D eigenvalue weighted by atomic mass is 16.5. The van der Waals surface area contributed by atoms with Crippen molar-refractivity contribution in [2.75, 3.05) is 17.7 Å². The Hall–Kier alpha value is -3.93. The van der Waals surface area contributed by atoms with Crippen LogP contribution in [0.15, 0.2) is 60.8 Å². The van der Waals surface area contributed by atoms with Gasteiger partial charge in [-0.25, -0.2) is 9.97 Å². The molecule has 6 nitrogen and oxygen atoms in total. The first-order valence-corrected chi connectivity index (χ1v) is 13.4. The Balaban J connectivity index is 1.68. The van der Waals surface area contributed by atoms with Crippen molar-refractivity contribution in [3.63, 3.8) is 0 Å². The van der Waals surface area contributed by atoms with E-state index >= 15 is 0 Å². The number of benzene rings is 3. The Morgan fingerprint density at radius 1 is 0.897 bits per heavy atom. The van der Waals surface area contributed by atoms with Gasteiger partial charge in [0.2, 0.25) is 5.95 Å². The molecule has 0 saturated carbocycles. The monoisotopic (exact) mass is 524 g/mol. The van der Waals surface area contributed by atoms with Gasteiger partial charge in [0.1, 0.15) is 5.75 Å².